The third-order valence-corrected chi connectivity index (χ3v) is 5.42. The molecule has 0 radical (unpaired) electrons. The molecule has 154 valence electrons. The normalized spacial score (nSPS) is 12.9. The van der Waals surface area contributed by atoms with Gasteiger partial charge in [-0.2, -0.15) is 0 Å². The topological polar surface area (TPSA) is 83.6 Å². The molecule has 0 aliphatic carbocycles. The van der Waals surface area contributed by atoms with Gasteiger partial charge in [-0.3, -0.25) is 9.69 Å². The van der Waals surface area contributed by atoms with Crippen LogP contribution in [0.2, 0.25) is 0 Å². The van der Waals surface area contributed by atoms with E-state index in [9.17, 15) is 9.59 Å². The number of carbonyl (C=O) groups excluding carboxylic acids is 2. The Morgan fingerprint density at radius 1 is 1.21 bits per heavy atom. The van der Waals surface area contributed by atoms with E-state index in [0.29, 0.717) is 19.7 Å². The Hall–Kier alpha value is -2.74. The SMILES string of the molecule is CCOc1ccc(CNC(=O)CNC(=O)N2CCSc3nc(C)cc(C)c32)cc1. The molecule has 0 fully saturated rings. The van der Waals surface area contributed by atoms with Crippen LogP contribution >= 0.6 is 11.8 Å². The van der Waals surface area contributed by atoms with Crippen molar-refractivity contribution in [2.75, 3.05) is 30.3 Å². The van der Waals surface area contributed by atoms with Crippen LogP contribution in [0.5, 0.6) is 5.75 Å². The van der Waals surface area contributed by atoms with Crippen LogP contribution in [0.4, 0.5) is 10.5 Å². The lowest BCUT2D eigenvalue weighted by Gasteiger charge is -2.30. The summed E-state index contributed by atoms with van der Waals surface area (Å²) >= 11 is 1.65. The van der Waals surface area contributed by atoms with Gasteiger partial charge < -0.3 is 15.4 Å². The molecule has 3 rings (SSSR count). The number of nitrogens with zero attached hydrogens (tertiary/aromatic N) is 2. The van der Waals surface area contributed by atoms with Gasteiger partial charge in [0.2, 0.25) is 5.91 Å². The third-order valence-electron chi connectivity index (χ3n) is 4.47. The first-order valence-corrected chi connectivity index (χ1v) is 10.6. The summed E-state index contributed by atoms with van der Waals surface area (Å²) in [5.41, 5.74) is 3.74. The average Bonchev–Trinajstić information content (AvgIpc) is 2.71. The van der Waals surface area contributed by atoms with Crippen molar-refractivity contribution in [2.45, 2.75) is 32.3 Å². The molecule has 1 aliphatic heterocycles. The second-order valence-electron chi connectivity index (χ2n) is 6.75. The van der Waals surface area contributed by atoms with Crippen molar-refractivity contribution in [1.82, 2.24) is 15.6 Å². The number of aryl methyl sites for hydroxylation is 2. The van der Waals surface area contributed by atoms with E-state index in [4.69, 9.17) is 4.74 Å². The summed E-state index contributed by atoms with van der Waals surface area (Å²) in [4.78, 5) is 31.0. The smallest absolute Gasteiger partial charge is 0.322 e. The molecule has 0 saturated carbocycles. The number of aromatic nitrogens is 1. The number of pyridine rings is 1. The number of carbonyl (C=O) groups is 2. The summed E-state index contributed by atoms with van der Waals surface area (Å²) in [5, 5.41) is 6.40. The molecule has 0 atom stereocenters. The highest BCUT2D eigenvalue weighted by molar-refractivity contribution is 7.99. The first-order chi connectivity index (χ1) is 14.0. The average molecular weight is 415 g/mol. The number of thioether (sulfide) groups is 1. The fraction of sp³-hybridized carbons (Fsp3) is 0.381. The largest absolute Gasteiger partial charge is 0.494 e. The van der Waals surface area contributed by atoms with Crippen LogP contribution < -0.4 is 20.3 Å². The van der Waals surface area contributed by atoms with E-state index in [1.807, 2.05) is 51.1 Å². The first kappa shape index (κ1) is 21.0. The molecule has 3 amide bonds. The first-order valence-electron chi connectivity index (χ1n) is 9.62. The van der Waals surface area contributed by atoms with E-state index < -0.39 is 0 Å². The molecule has 1 aliphatic rings. The van der Waals surface area contributed by atoms with E-state index in [1.54, 1.807) is 16.7 Å². The molecule has 0 bridgehead atoms. The summed E-state index contributed by atoms with van der Waals surface area (Å²) in [6.45, 7) is 7.38. The number of hydrogen-bond donors (Lipinski definition) is 2. The zero-order valence-electron chi connectivity index (χ0n) is 16.9. The van der Waals surface area contributed by atoms with E-state index >= 15 is 0 Å². The Kier molecular flexibility index (Phi) is 6.98. The lowest BCUT2D eigenvalue weighted by molar-refractivity contribution is -0.120. The van der Waals surface area contributed by atoms with E-state index in [-0.39, 0.29) is 18.5 Å². The van der Waals surface area contributed by atoms with Crippen molar-refractivity contribution in [3.8, 4) is 5.75 Å². The Morgan fingerprint density at radius 3 is 2.69 bits per heavy atom. The minimum absolute atomic E-state index is 0.0762. The maximum Gasteiger partial charge on any atom is 0.322 e. The molecule has 1 aromatic carbocycles. The number of hydrogen-bond acceptors (Lipinski definition) is 5. The molecule has 29 heavy (non-hydrogen) atoms. The Balaban J connectivity index is 1.51. The minimum Gasteiger partial charge on any atom is -0.494 e. The highest BCUT2D eigenvalue weighted by atomic mass is 32.2. The quantitative estimate of drug-likeness (QED) is 0.759. The Labute approximate surface area is 175 Å². The Bertz CT molecular complexity index is 886. The van der Waals surface area contributed by atoms with Gasteiger partial charge in [0, 0.05) is 24.5 Å². The van der Waals surface area contributed by atoms with Gasteiger partial charge in [-0.25, -0.2) is 9.78 Å². The molecule has 0 saturated heterocycles. The lowest BCUT2D eigenvalue weighted by atomic mass is 10.2. The van der Waals surface area contributed by atoms with Gasteiger partial charge in [0.15, 0.2) is 0 Å². The molecule has 0 spiro atoms. The van der Waals surface area contributed by atoms with Crippen LogP contribution in [0.25, 0.3) is 0 Å². The number of urea groups is 1. The lowest BCUT2D eigenvalue weighted by Crippen LogP contribution is -2.46. The molecule has 7 nitrogen and oxygen atoms in total. The number of benzene rings is 1. The van der Waals surface area contributed by atoms with Crippen molar-refractivity contribution in [3.63, 3.8) is 0 Å². The standard InChI is InChI=1S/C21H26N4O3S/c1-4-28-17-7-5-16(6-8-17)12-22-18(26)13-23-21(27)25-9-10-29-20-19(25)14(2)11-15(3)24-20/h5-8,11H,4,9-10,12-13H2,1-3H3,(H,22,26)(H,23,27). The second-order valence-corrected chi connectivity index (χ2v) is 7.83. The predicted octanol–water partition coefficient (Wildman–Crippen LogP) is 3.04. The van der Waals surface area contributed by atoms with Gasteiger partial charge in [-0.1, -0.05) is 12.1 Å². The fourth-order valence-electron chi connectivity index (χ4n) is 3.16. The number of amides is 3. The molecule has 8 heteroatoms. The molecular formula is C21H26N4O3S. The van der Waals surface area contributed by atoms with E-state index in [0.717, 1.165) is 39.0 Å². The minimum atomic E-state index is -0.281. The van der Waals surface area contributed by atoms with Gasteiger partial charge >= 0.3 is 6.03 Å². The van der Waals surface area contributed by atoms with Crippen molar-refractivity contribution in [1.29, 1.82) is 0 Å². The number of nitrogens with one attached hydrogen (secondary N) is 2. The third kappa shape index (κ3) is 5.41. The molecule has 2 heterocycles. The fourth-order valence-corrected chi connectivity index (χ4v) is 4.24. The molecule has 2 aromatic rings. The zero-order chi connectivity index (χ0) is 20.8. The molecular weight excluding hydrogens is 388 g/mol. The molecule has 0 unspecified atom stereocenters. The summed E-state index contributed by atoms with van der Waals surface area (Å²) in [5.74, 6) is 1.34. The summed E-state index contributed by atoms with van der Waals surface area (Å²) in [6, 6.07) is 9.24. The van der Waals surface area contributed by atoms with Crippen molar-refractivity contribution in [3.05, 3.63) is 47.2 Å². The van der Waals surface area contributed by atoms with Gasteiger partial charge in [0.1, 0.15) is 10.8 Å². The second kappa shape index (κ2) is 9.65. The summed E-state index contributed by atoms with van der Waals surface area (Å²) in [6.07, 6.45) is 0. The zero-order valence-corrected chi connectivity index (χ0v) is 17.8. The number of anilines is 1. The van der Waals surface area contributed by atoms with Gasteiger partial charge in [0.05, 0.1) is 18.8 Å². The molecule has 2 N–H and O–H groups in total. The summed E-state index contributed by atoms with van der Waals surface area (Å²) in [7, 11) is 0. The Morgan fingerprint density at radius 2 is 1.97 bits per heavy atom. The van der Waals surface area contributed by atoms with Crippen molar-refractivity contribution < 1.29 is 14.3 Å². The highest BCUT2D eigenvalue weighted by Crippen LogP contribution is 2.36. The number of ether oxygens (including phenoxy) is 1. The number of fused-ring (bicyclic) bond motifs is 1. The van der Waals surface area contributed by atoms with E-state index in [2.05, 4.69) is 15.6 Å². The van der Waals surface area contributed by atoms with Crippen LogP contribution in [-0.2, 0) is 11.3 Å². The molecule has 1 aromatic heterocycles. The van der Waals surface area contributed by atoms with E-state index in [1.165, 1.54) is 0 Å². The maximum absolute atomic E-state index is 12.7. The van der Waals surface area contributed by atoms with Crippen LogP contribution in [0.1, 0.15) is 23.7 Å². The van der Waals surface area contributed by atoms with Crippen LogP contribution in [0.15, 0.2) is 35.4 Å². The monoisotopic (exact) mass is 414 g/mol. The highest BCUT2D eigenvalue weighted by Gasteiger charge is 2.26. The van der Waals surface area contributed by atoms with Gasteiger partial charge in [0.25, 0.3) is 0 Å². The van der Waals surface area contributed by atoms with Crippen LogP contribution in [0, 0.1) is 13.8 Å². The van der Waals surface area contributed by atoms with Gasteiger partial charge in [-0.15, -0.1) is 11.8 Å². The summed E-state index contributed by atoms with van der Waals surface area (Å²) < 4.78 is 5.40. The predicted molar refractivity (Wildman–Crippen MR) is 115 cm³/mol. The van der Waals surface area contributed by atoms with Crippen molar-refractivity contribution in [2.24, 2.45) is 0 Å². The van der Waals surface area contributed by atoms with Crippen molar-refractivity contribution >= 4 is 29.4 Å². The van der Waals surface area contributed by atoms with Gasteiger partial charge in [-0.05, 0) is 50.1 Å². The maximum atomic E-state index is 12.7. The van der Waals surface area contributed by atoms with Crippen LogP contribution in [-0.4, -0.2) is 42.4 Å². The van der Waals surface area contributed by atoms with Crippen LogP contribution in [0.3, 0.4) is 0 Å². The number of rotatable bonds is 6.